The first-order valence-corrected chi connectivity index (χ1v) is 7.59. The van der Waals surface area contributed by atoms with Crippen LogP contribution in [-0.4, -0.2) is 43.8 Å². The minimum absolute atomic E-state index is 0. The van der Waals surface area contributed by atoms with E-state index < -0.39 is 0 Å². The van der Waals surface area contributed by atoms with E-state index in [1.54, 1.807) is 11.3 Å². The van der Waals surface area contributed by atoms with Gasteiger partial charge in [0.2, 0.25) is 0 Å². The molecule has 0 aliphatic rings. The van der Waals surface area contributed by atoms with Gasteiger partial charge in [-0.1, -0.05) is 0 Å². The fourth-order valence-corrected chi connectivity index (χ4v) is 2.30. The monoisotopic (exact) mass is 412 g/mol. The number of hydrogen-bond donors (Lipinski definition) is 2. The molecule has 0 amide bonds. The van der Waals surface area contributed by atoms with E-state index >= 15 is 0 Å². The lowest BCUT2D eigenvalue weighted by Gasteiger charge is -2.10. The summed E-state index contributed by atoms with van der Waals surface area (Å²) in [5, 5.41) is 7.68. The number of nitrogens with zero attached hydrogens (tertiary/aromatic N) is 2. The highest BCUT2D eigenvalue weighted by molar-refractivity contribution is 14.0. The van der Waals surface area contributed by atoms with Gasteiger partial charge in [0.1, 0.15) is 0 Å². The number of nitrogens with one attached hydrogen (secondary N) is 2. The van der Waals surface area contributed by atoms with Crippen LogP contribution in [0.4, 0.5) is 0 Å². The molecule has 0 aromatic carbocycles. The summed E-state index contributed by atoms with van der Waals surface area (Å²) in [5.74, 6) is 0.843. The van der Waals surface area contributed by atoms with Crippen molar-refractivity contribution in [2.24, 2.45) is 4.99 Å². The van der Waals surface area contributed by atoms with E-state index in [-0.39, 0.29) is 24.0 Å². The number of halogens is 1. The van der Waals surface area contributed by atoms with Crippen molar-refractivity contribution < 1.29 is 4.74 Å². The molecule has 0 saturated heterocycles. The standard InChI is InChI=1S/C13H24N4OS.HI/c1-4-14-13(16-8-9-18-5-2)15-7-6-12-17-10-11(3)19-12;/h10H,4-9H2,1-3H3,(H2,14,15,16);1H. The van der Waals surface area contributed by atoms with Crippen LogP contribution >= 0.6 is 35.3 Å². The molecule has 0 spiro atoms. The van der Waals surface area contributed by atoms with Crippen LogP contribution in [0.15, 0.2) is 11.2 Å². The molecule has 0 aliphatic carbocycles. The largest absolute Gasteiger partial charge is 0.380 e. The van der Waals surface area contributed by atoms with Crippen LogP contribution in [-0.2, 0) is 11.2 Å². The topological polar surface area (TPSA) is 58.5 Å². The molecule has 0 atom stereocenters. The molecule has 1 aromatic rings. The zero-order valence-electron chi connectivity index (χ0n) is 12.4. The van der Waals surface area contributed by atoms with E-state index in [2.05, 4.69) is 34.5 Å². The van der Waals surface area contributed by atoms with Crippen molar-refractivity contribution in [2.45, 2.75) is 27.2 Å². The minimum Gasteiger partial charge on any atom is -0.380 e. The highest BCUT2D eigenvalue weighted by Gasteiger charge is 2.00. The van der Waals surface area contributed by atoms with Crippen molar-refractivity contribution in [2.75, 3.05) is 32.8 Å². The second-order valence-corrected chi connectivity index (χ2v) is 5.32. The number of aromatic nitrogens is 1. The summed E-state index contributed by atoms with van der Waals surface area (Å²) in [6.07, 6.45) is 2.84. The molecule has 0 fully saturated rings. The predicted molar refractivity (Wildman–Crippen MR) is 96.4 cm³/mol. The average molecular weight is 412 g/mol. The first-order valence-electron chi connectivity index (χ1n) is 6.77. The van der Waals surface area contributed by atoms with Crippen molar-refractivity contribution in [3.05, 3.63) is 16.1 Å². The van der Waals surface area contributed by atoms with Crippen molar-refractivity contribution in [1.82, 2.24) is 15.6 Å². The van der Waals surface area contributed by atoms with E-state index in [0.717, 1.165) is 37.1 Å². The highest BCUT2D eigenvalue weighted by Crippen LogP contribution is 2.10. The fraction of sp³-hybridized carbons (Fsp3) is 0.692. The molecule has 0 bridgehead atoms. The van der Waals surface area contributed by atoms with Gasteiger partial charge >= 0.3 is 0 Å². The van der Waals surface area contributed by atoms with Crippen LogP contribution in [0.5, 0.6) is 0 Å². The van der Waals surface area contributed by atoms with Gasteiger partial charge in [0.05, 0.1) is 18.2 Å². The lowest BCUT2D eigenvalue weighted by Crippen LogP contribution is -2.38. The molecule has 116 valence electrons. The van der Waals surface area contributed by atoms with E-state index in [1.165, 1.54) is 4.88 Å². The normalized spacial score (nSPS) is 11.1. The van der Waals surface area contributed by atoms with Crippen LogP contribution in [0, 0.1) is 6.92 Å². The molecule has 0 aliphatic heterocycles. The molecule has 2 N–H and O–H groups in total. The number of aliphatic imine (C=N–C) groups is 1. The first-order chi connectivity index (χ1) is 9.26. The number of aryl methyl sites for hydroxylation is 1. The zero-order valence-corrected chi connectivity index (χ0v) is 15.6. The average Bonchev–Trinajstić information content (AvgIpc) is 2.80. The molecule has 1 heterocycles. The van der Waals surface area contributed by atoms with Crippen molar-refractivity contribution in [3.63, 3.8) is 0 Å². The van der Waals surface area contributed by atoms with Crippen LogP contribution < -0.4 is 10.6 Å². The maximum Gasteiger partial charge on any atom is 0.191 e. The van der Waals surface area contributed by atoms with Crippen LogP contribution in [0.3, 0.4) is 0 Å². The Bertz CT molecular complexity index is 384. The predicted octanol–water partition coefficient (Wildman–Crippen LogP) is 2.20. The van der Waals surface area contributed by atoms with Crippen molar-refractivity contribution in [3.8, 4) is 0 Å². The Morgan fingerprint density at radius 3 is 2.80 bits per heavy atom. The van der Waals surface area contributed by atoms with Crippen LogP contribution in [0.25, 0.3) is 0 Å². The smallest absolute Gasteiger partial charge is 0.191 e. The third kappa shape index (κ3) is 8.70. The van der Waals surface area contributed by atoms with Crippen molar-refractivity contribution in [1.29, 1.82) is 0 Å². The maximum absolute atomic E-state index is 5.27. The Kier molecular flexibility index (Phi) is 12.1. The van der Waals surface area contributed by atoms with Crippen LogP contribution in [0.2, 0.25) is 0 Å². The van der Waals surface area contributed by atoms with Gasteiger partial charge in [-0.15, -0.1) is 35.3 Å². The fourth-order valence-electron chi connectivity index (χ4n) is 1.51. The van der Waals surface area contributed by atoms with Gasteiger partial charge in [0.15, 0.2) is 5.96 Å². The Hall–Kier alpha value is -0.410. The SMILES string of the molecule is CCNC(=NCCOCC)NCCc1ncc(C)s1.I. The second kappa shape index (κ2) is 12.3. The van der Waals surface area contributed by atoms with Gasteiger partial charge in [-0.25, -0.2) is 4.98 Å². The molecular formula is C13H25IN4OS. The lowest BCUT2D eigenvalue weighted by molar-refractivity contribution is 0.155. The number of rotatable bonds is 8. The van der Waals surface area contributed by atoms with Crippen LogP contribution in [0.1, 0.15) is 23.7 Å². The Labute approximate surface area is 142 Å². The molecule has 5 nitrogen and oxygen atoms in total. The first kappa shape index (κ1) is 19.6. The molecule has 0 unspecified atom stereocenters. The molecule has 7 heteroatoms. The lowest BCUT2D eigenvalue weighted by atomic mass is 10.4. The molecule has 1 aromatic heterocycles. The van der Waals surface area contributed by atoms with E-state index in [1.807, 2.05) is 13.1 Å². The second-order valence-electron chi connectivity index (χ2n) is 4.00. The summed E-state index contributed by atoms with van der Waals surface area (Å²) in [6, 6.07) is 0. The van der Waals surface area contributed by atoms with Gasteiger partial charge in [-0.3, -0.25) is 4.99 Å². The summed E-state index contributed by atoms with van der Waals surface area (Å²) >= 11 is 1.75. The molecule has 1 rings (SSSR count). The molecule has 20 heavy (non-hydrogen) atoms. The number of thiazole rings is 1. The van der Waals surface area contributed by atoms with Gasteiger partial charge < -0.3 is 15.4 Å². The molecule has 0 saturated carbocycles. The van der Waals surface area contributed by atoms with Gasteiger partial charge in [0, 0.05) is 37.2 Å². The van der Waals surface area contributed by atoms with Crippen molar-refractivity contribution >= 4 is 41.3 Å². The Balaban J connectivity index is 0.00000361. The molecular weight excluding hydrogens is 387 g/mol. The summed E-state index contributed by atoms with van der Waals surface area (Å²) in [4.78, 5) is 10.0. The van der Waals surface area contributed by atoms with Gasteiger partial charge in [-0.2, -0.15) is 0 Å². The summed E-state index contributed by atoms with van der Waals surface area (Å²) in [7, 11) is 0. The Morgan fingerprint density at radius 1 is 1.40 bits per heavy atom. The summed E-state index contributed by atoms with van der Waals surface area (Å²) in [6.45, 7) is 9.91. The zero-order chi connectivity index (χ0) is 13.9. The quantitative estimate of drug-likeness (QED) is 0.298. The molecule has 0 radical (unpaired) electrons. The summed E-state index contributed by atoms with van der Waals surface area (Å²) < 4.78 is 5.27. The minimum atomic E-state index is 0. The Morgan fingerprint density at radius 2 is 2.20 bits per heavy atom. The summed E-state index contributed by atoms with van der Waals surface area (Å²) in [5.41, 5.74) is 0. The third-order valence-electron chi connectivity index (χ3n) is 2.35. The van der Waals surface area contributed by atoms with E-state index in [9.17, 15) is 0 Å². The highest BCUT2D eigenvalue weighted by atomic mass is 127. The van der Waals surface area contributed by atoms with Gasteiger partial charge in [-0.05, 0) is 20.8 Å². The number of ether oxygens (including phenoxy) is 1. The maximum atomic E-state index is 5.27. The number of guanidine groups is 1. The van der Waals surface area contributed by atoms with Gasteiger partial charge in [0.25, 0.3) is 0 Å². The number of hydrogen-bond acceptors (Lipinski definition) is 4. The van der Waals surface area contributed by atoms with E-state index in [0.29, 0.717) is 13.2 Å². The van der Waals surface area contributed by atoms with E-state index in [4.69, 9.17) is 4.74 Å². The third-order valence-corrected chi connectivity index (χ3v) is 3.33.